The van der Waals surface area contributed by atoms with Gasteiger partial charge >= 0.3 is 0 Å². The first-order valence-corrected chi connectivity index (χ1v) is 7.69. The lowest BCUT2D eigenvalue weighted by Crippen LogP contribution is -2.31. The number of nitrogen functional groups attached to an aromatic ring is 1. The molecule has 1 aliphatic rings. The Bertz CT molecular complexity index is 736. The lowest BCUT2D eigenvalue weighted by Gasteiger charge is -2.22. The molecule has 0 saturated heterocycles. The number of amides is 1. The average Bonchev–Trinajstić information content (AvgIpc) is 2.80. The number of carbonyl (C=O) groups is 1. The van der Waals surface area contributed by atoms with Gasteiger partial charge in [-0.25, -0.2) is 0 Å². The number of anilines is 1. The molecule has 0 fully saturated rings. The molecule has 2 aromatic rings. The van der Waals surface area contributed by atoms with Crippen molar-refractivity contribution in [2.45, 2.75) is 32.4 Å². The quantitative estimate of drug-likeness (QED) is 0.850. The fourth-order valence-electron chi connectivity index (χ4n) is 2.81. The number of aliphatic hydroxyl groups is 1. The number of fused-ring (bicyclic) bond motifs is 1. The molecular formula is C18H21N3O2. The summed E-state index contributed by atoms with van der Waals surface area (Å²) in [6, 6.07) is 7.51. The summed E-state index contributed by atoms with van der Waals surface area (Å²) in [5.41, 5.74) is 9.49. The van der Waals surface area contributed by atoms with E-state index < -0.39 is 5.60 Å². The highest BCUT2D eigenvalue weighted by Gasteiger charge is 2.29. The summed E-state index contributed by atoms with van der Waals surface area (Å²) in [5.74, 6) is -0.000411. The first-order valence-electron chi connectivity index (χ1n) is 7.69. The largest absolute Gasteiger partial charge is 0.398 e. The Kier molecular flexibility index (Phi) is 3.82. The average molecular weight is 311 g/mol. The van der Waals surface area contributed by atoms with Crippen molar-refractivity contribution in [3.05, 3.63) is 47.8 Å². The second-order valence-corrected chi connectivity index (χ2v) is 6.62. The van der Waals surface area contributed by atoms with Gasteiger partial charge in [-0.2, -0.15) is 0 Å². The standard InChI is InChI=1S/C18H21N3O2/c1-18(2,23)5-8-21-11-13-9-16(19)14(10-15(13)17(21)22)12-3-6-20-7-4-12/h3-4,6-7,9-10,23H,5,8,11,19H2,1-2H3. The van der Waals surface area contributed by atoms with E-state index in [4.69, 9.17) is 5.73 Å². The Labute approximate surface area is 135 Å². The minimum absolute atomic E-state index is 0.000411. The Hall–Kier alpha value is -2.40. The maximum atomic E-state index is 12.6. The van der Waals surface area contributed by atoms with Crippen LogP contribution in [0.1, 0.15) is 36.2 Å². The van der Waals surface area contributed by atoms with E-state index in [1.165, 1.54) is 0 Å². The van der Waals surface area contributed by atoms with Gasteiger partial charge in [-0.05, 0) is 55.7 Å². The van der Waals surface area contributed by atoms with Crippen LogP contribution in [0.5, 0.6) is 0 Å². The molecule has 1 aliphatic heterocycles. The summed E-state index contributed by atoms with van der Waals surface area (Å²) in [5, 5.41) is 9.85. The lowest BCUT2D eigenvalue weighted by atomic mass is 9.99. The third-order valence-corrected chi connectivity index (χ3v) is 4.14. The topological polar surface area (TPSA) is 79.4 Å². The zero-order valence-electron chi connectivity index (χ0n) is 13.4. The van der Waals surface area contributed by atoms with Crippen molar-refractivity contribution in [3.8, 4) is 11.1 Å². The molecule has 0 aliphatic carbocycles. The first kappa shape index (κ1) is 15.5. The zero-order chi connectivity index (χ0) is 16.6. The molecule has 1 aromatic heterocycles. The van der Waals surface area contributed by atoms with Crippen LogP contribution in [0.15, 0.2) is 36.7 Å². The van der Waals surface area contributed by atoms with Gasteiger partial charge in [0.15, 0.2) is 0 Å². The summed E-state index contributed by atoms with van der Waals surface area (Å²) in [6.45, 7) is 4.58. The Morgan fingerprint density at radius 2 is 1.96 bits per heavy atom. The highest BCUT2D eigenvalue weighted by molar-refractivity contribution is 6.01. The van der Waals surface area contributed by atoms with E-state index in [0.29, 0.717) is 30.8 Å². The summed E-state index contributed by atoms with van der Waals surface area (Å²) in [4.78, 5) is 18.4. The SMILES string of the molecule is CC(C)(O)CCN1Cc2cc(N)c(-c3ccncc3)cc2C1=O. The van der Waals surface area contributed by atoms with Gasteiger partial charge < -0.3 is 15.7 Å². The predicted octanol–water partition coefficient (Wildman–Crippen LogP) is 2.45. The van der Waals surface area contributed by atoms with Crippen LogP contribution in [0.2, 0.25) is 0 Å². The highest BCUT2D eigenvalue weighted by atomic mass is 16.3. The molecule has 0 saturated carbocycles. The van der Waals surface area contributed by atoms with Crippen molar-refractivity contribution in [2.24, 2.45) is 0 Å². The normalized spacial score (nSPS) is 14.2. The molecule has 3 N–H and O–H groups in total. The molecule has 2 heterocycles. The van der Waals surface area contributed by atoms with Crippen molar-refractivity contribution in [3.63, 3.8) is 0 Å². The molecule has 1 amide bonds. The number of rotatable bonds is 4. The van der Waals surface area contributed by atoms with Crippen LogP contribution in [0.25, 0.3) is 11.1 Å². The number of nitrogens with two attached hydrogens (primary N) is 1. The van der Waals surface area contributed by atoms with Gasteiger partial charge in [0, 0.05) is 42.3 Å². The van der Waals surface area contributed by atoms with Crippen molar-refractivity contribution in [1.29, 1.82) is 0 Å². The Morgan fingerprint density at radius 1 is 1.26 bits per heavy atom. The molecule has 0 bridgehead atoms. The van der Waals surface area contributed by atoms with Crippen LogP contribution in [-0.4, -0.2) is 33.0 Å². The van der Waals surface area contributed by atoms with E-state index in [2.05, 4.69) is 4.98 Å². The molecule has 0 radical (unpaired) electrons. The summed E-state index contributed by atoms with van der Waals surface area (Å²) >= 11 is 0. The molecular weight excluding hydrogens is 290 g/mol. The van der Waals surface area contributed by atoms with Crippen LogP contribution < -0.4 is 5.73 Å². The van der Waals surface area contributed by atoms with Gasteiger partial charge in [-0.15, -0.1) is 0 Å². The lowest BCUT2D eigenvalue weighted by molar-refractivity contribution is 0.0517. The van der Waals surface area contributed by atoms with Crippen LogP contribution in [-0.2, 0) is 6.54 Å². The number of carbonyl (C=O) groups excluding carboxylic acids is 1. The molecule has 0 unspecified atom stereocenters. The zero-order valence-corrected chi connectivity index (χ0v) is 13.4. The van der Waals surface area contributed by atoms with Gasteiger partial charge in [0.1, 0.15) is 0 Å². The highest BCUT2D eigenvalue weighted by Crippen LogP contribution is 2.33. The number of nitrogens with zero attached hydrogens (tertiary/aromatic N) is 2. The Balaban J connectivity index is 1.89. The van der Waals surface area contributed by atoms with E-state index >= 15 is 0 Å². The first-order chi connectivity index (χ1) is 10.8. The smallest absolute Gasteiger partial charge is 0.254 e. The van der Waals surface area contributed by atoms with Crippen LogP contribution in [0, 0.1) is 0 Å². The van der Waals surface area contributed by atoms with Crippen LogP contribution in [0.3, 0.4) is 0 Å². The minimum Gasteiger partial charge on any atom is -0.398 e. The van der Waals surface area contributed by atoms with Gasteiger partial charge in [0.25, 0.3) is 5.91 Å². The molecule has 23 heavy (non-hydrogen) atoms. The molecule has 3 rings (SSSR count). The second-order valence-electron chi connectivity index (χ2n) is 6.62. The molecule has 0 spiro atoms. The predicted molar refractivity (Wildman–Crippen MR) is 89.7 cm³/mol. The number of benzene rings is 1. The summed E-state index contributed by atoms with van der Waals surface area (Å²) in [7, 11) is 0. The fraction of sp³-hybridized carbons (Fsp3) is 0.333. The van der Waals surface area contributed by atoms with E-state index in [1.807, 2.05) is 24.3 Å². The number of hydrogen-bond donors (Lipinski definition) is 2. The van der Waals surface area contributed by atoms with Crippen molar-refractivity contribution < 1.29 is 9.90 Å². The third-order valence-electron chi connectivity index (χ3n) is 4.14. The maximum Gasteiger partial charge on any atom is 0.254 e. The summed E-state index contributed by atoms with van der Waals surface area (Å²) in [6.07, 6.45) is 3.96. The van der Waals surface area contributed by atoms with Gasteiger partial charge in [-0.3, -0.25) is 9.78 Å². The fourth-order valence-corrected chi connectivity index (χ4v) is 2.81. The molecule has 1 aromatic carbocycles. The van der Waals surface area contributed by atoms with Gasteiger partial charge in [-0.1, -0.05) is 0 Å². The number of aromatic nitrogens is 1. The molecule has 0 atom stereocenters. The third kappa shape index (κ3) is 3.19. The van der Waals surface area contributed by atoms with Gasteiger partial charge in [0.2, 0.25) is 0 Å². The number of hydrogen-bond acceptors (Lipinski definition) is 4. The monoisotopic (exact) mass is 311 g/mol. The molecule has 120 valence electrons. The van der Waals surface area contributed by atoms with E-state index in [-0.39, 0.29) is 5.91 Å². The van der Waals surface area contributed by atoms with E-state index in [1.54, 1.807) is 31.1 Å². The van der Waals surface area contributed by atoms with Crippen molar-refractivity contribution >= 4 is 11.6 Å². The van der Waals surface area contributed by atoms with Crippen LogP contribution >= 0.6 is 0 Å². The molecule has 5 nitrogen and oxygen atoms in total. The Morgan fingerprint density at radius 3 is 2.61 bits per heavy atom. The minimum atomic E-state index is -0.781. The van der Waals surface area contributed by atoms with Crippen molar-refractivity contribution in [2.75, 3.05) is 12.3 Å². The second kappa shape index (κ2) is 5.66. The van der Waals surface area contributed by atoms with Crippen LogP contribution in [0.4, 0.5) is 5.69 Å². The molecule has 5 heteroatoms. The van der Waals surface area contributed by atoms with E-state index in [0.717, 1.165) is 16.7 Å². The summed E-state index contributed by atoms with van der Waals surface area (Å²) < 4.78 is 0. The van der Waals surface area contributed by atoms with Gasteiger partial charge in [0.05, 0.1) is 5.60 Å². The number of pyridine rings is 1. The maximum absolute atomic E-state index is 12.6. The van der Waals surface area contributed by atoms with E-state index in [9.17, 15) is 9.90 Å². The van der Waals surface area contributed by atoms with Crippen molar-refractivity contribution in [1.82, 2.24) is 9.88 Å².